The van der Waals surface area contributed by atoms with Gasteiger partial charge in [-0.1, -0.05) is 54.6 Å². The van der Waals surface area contributed by atoms with Gasteiger partial charge in [0.1, 0.15) is 0 Å². The van der Waals surface area contributed by atoms with Crippen LogP contribution in [0.15, 0.2) is 72.8 Å². The minimum absolute atomic E-state index is 0.202. The molecule has 1 unspecified atom stereocenters. The Balaban J connectivity index is 1.64. The number of aliphatic hydroxyl groups is 1. The van der Waals surface area contributed by atoms with Crippen molar-refractivity contribution in [2.75, 3.05) is 11.4 Å². The Morgan fingerprint density at radius 1 is 1.09 bits per heavy atom. The summed E-state index contributed by atoms with van der Waals surface area (Å²) >= 11 is 0. The Kier molecular flexibility index (Phi) is 4.87. The number of carbonyl (C=O) groups excluding carboxylic acids is 1. The molecule has 166 valence electrons. The van der Waals surface area contributed by atoms with E-state index in [1.54, 1.807) is 49.4 Å². The van der Waals surface area contributed by atoms with Gasteiger partial charge in [-0.25, -0.2) is 14.7 Å². The molecule has 33 heavy (non-hydrogen) atoms. The van der Waals surface area contributed by atoms with Gasteiger partial charge in [-0.05, 0) is 30.7 Å². The maximum atomic E-state index is 13.3. The maximum absolute atomic E-state index is 13.3. The second kappa shape index (κ2) is 7.75. The molecule has 0 aliphatic carbocycles. The molecule has 1 aromatic heterocycles. The van der Waals surface area contributed by atoms with Gasteiger partial charge in [0.2, 0.25) is 5.95 Å². The van der Waals surface area contributed by atoms with Crippen LogP contribution in [0.1, 0.15) is 34.0 Å². The molecule has 3 N–H and O–H groups in total. The molecule has 5 rings (SSSR count). The lowest BCUT2D eigenvalue weighted by Crippen LogP contribution is -2.44. The summed E-state index contributed by atoms with van der Waals surface area (Å²) in [7, 11) is 0. The molecule has 3 aromatic carbocycles. The predicted octanol–water partition coefficient (Wildman–Crippen LogP) is 3.92. The third-order valence-corrected chi connectivity index (χ3v) is 6.03. The maximum Gasteiger partial charge on any atom is 0.414 e. The molecule has 2 heterocycles. The van der Waals surface area contributed by atoms with Gasteiger partial charge in [0.15, 0.2) is 5.72 Å². The van der Waals surface area contributed by atoms with Crippen LogP contribution < -0.4 is 4.90 Å². The van der Waals surface area contributed by atoms with E-state index in [4.69, 9.17) is 0 Å². The molecule has 4 aromatic rings. The molecule has 8 heteroatoms. The van der Waals surface area contributed by atoms with E-state index in [1.807, 2.05) is 30.3 Å². The summed E-state index contributed by atoms with van der Waals surface area (Å²) in [6.45, 7) is 2.17. The first kappa shape index (κ1) is 20.7. The fraction of sp³-hybridized carbons (Fsp3) is 0.160. The van der Waals surface area contributed by atoms with Gasteiger partial charge in [0.25, 0.3) is 5.91 Å². The molecule has 0 saturated carbocycles. The zero-order chi connectivity index (χ0) is 23.2. The Bertz CT molecular complexity index is 1370. The van der Waals surface area contributed by atoms with Crippen LogP contribution in [0.5, 0.6) is 0 Å². The van der Waals surface area contributed by atoms with Crippen LogP contribution >= 0.6 is 0 Å². The number of imidazole rings is 1. The largest absolute Gasteiger partial charge is 0.465 e. The molecule has 1 aliphatic heterocycles. The minimum Gasteiger partial charge on any atom is -0.465 e. The van der Waals surface area contributed by atoms with Gasteiger partial charge in [-0.2, -0.15) is 0 Å². The number of nitrogens with zero attached hydrogens (tertiary/aromatic N) is 3. The number of rotatable bonds is 5. The highest BCUT2D eigenvalue weighted by atomic mass is 16.4. The Labute approximate surface area is 189 Å². The van der Waals surface area contributed by atoms with Gasteiger partial charge in [0, 0.05) is 29.8 Å². The zero-order valence-electron chi connectivity index (χ0n) is 17.9. The van der Waals surface area contributed by atoms with E-state index >= 15 is 0 Å². The smallest absolute Gasteiger partial charge is 0.414 e. The van der Waals surface area contributed by atoms with Crippen molar-refractivity contribution in [3.63, 3.8) is 0 Å². The van der Waals surface area contributed by atoms with Crippen LogP contribution in [0.4, 0.5) is 10.7 Å². The molecular formula is C25H22N4O4. The second-order valence-electron chi connectivity index (χ2n) is 7.91. The monoisotopic (exact) mass is 442 g/mol. The van der Waals surface area contributed by atoms with Gasteiger partial charge < -0.3 is 15.2 Å². The second-order valence-corrected chi connectivity index (χ2v) is 7.91. The molecule has 1 aliphatic rings. The quantitative estimate of drug-likeness (QED) is 0.434. The highest BCUT2D eigenvalue weighted by molar-refractivity contribution is 6.00. The lowest BCUT2D eigenvalue weighted by molar-refractivity contribution is -0.0542. The molecule has 0 spiro atoms. The van der Waals surface area contributed by atoms with E-state index in [9.17, 15) is 19.8 Å². The summed E-state index contributed by atoms with van der Waals surface area (Å²) in [6, 6.07) is 21.7. The number of fused-ring (bicyclic) bond motifs is 2. The van der Waals surface area contributed by atoms with Crippen LogP contribution in [-0.2, 0) is 12.3 Å². The van der Waals surface area contributed by atoms with Crippen LogP contribution in [0, 0.1) is 0 Å². The van der Waals surface area contributed by atoms with E-state index in [2.05, 4.69) is 9.97 Å². The Hall–Kier alpha value is -4.17. The van der Waals surface area contributed by atoms with E-state index < -0.39 is 11.8 Å². The summed E-state index contributed by atoms with van der Waals surface area (Å²) in [6.07, 6.45) is -1.11. The fourth-order valence-electron chi connectivity index (χ4n) is 4.39. The van der Waals surface area contributed by atoms with E-state index in [-0.39, 0.29) is 24.9 Å². The van der Waals surface area contributed by atoms with Crippen LogP contribution in [0.2, 0.25) is 0 Å². The number of hydrogen-bond donors (Lipinski definition) is 3. The number of carbonyl (C=O) groups is 2. The van der Waals surface area contributed by atoms with E-state index in [0.29, 0.717) is 27.7 Å². The normalized spacial score (nSPS) is 17.4. The number of carboxylic acid groups (broad SMARTS) is 1. The average molecular weight is 442 g/mol. The number of H-pyrrole nitrogens is 1. The SMILES string of the molecule is CCN(C(=O)O)c1nc2cc(C3(O)c4ccccc4C(=O)N3Cc3ccccc3)ccc2[nH]1. The average Bonchev–Trinajstić information content (AvgIpc) is 3.33. The molecule has 2 amide bonds. The molecular weight excluding hydrogens is 420 g/mol. The topological polar surface area (TPSA) is 110 Å². The number of benzene rings is 3. The van der Waals surface area contributed by atoms with Crippen LogP contribution in [-0.4, -0.2) is 43.6 Å². The third-order valence-electron chi connectivity index (χ3n) is 6.03. The molecule has 1 atom stereocenters. The van der Waals surface area contributed by atoms with Crippen molar-refractivity contribution >= 4 is 29.0 Å². The first-order valence-electron chi connectivity index (χ1n) is 10.6. The number of aromatic nitrogens is 2. The first-order chi connectivity index (χ1) is 15.9. The zero-order valence-corrected chi connectivity index (χ0v) is 17.9. The predicted molar refractivity (Wildman–Crippen MR) is 123 cm³/mol. The number of hydrogen-bond acceptors (Lipinski definition) is 4. The Morgan fingerprint density at radius 2 is 1.82 bits per heavy atom. The summed E-state index contributed by atoms with van der Waals surface area (Å²) in [5.74, 6) is -0.0593. The van der Waals surface area contributed by atoms with Crippen molar-refractivity contribution in [2.24, 2.45) is 0 Å². The Morgan fingerprint density at radius 3 is 2.55 bits per heavy atom. The van der Waals surface area contributed by atoms with E-state index in [0.717, 1.165) is 10.5 Å². The lowest BCUT2D eigenvalue weighted by Gasteiger charge is -2.35. The molecule has 0 fully saturated rings. The van der Waals surface area contributed by atoms with E-state index in [1.165, 1.54) is 4.90 Å². The van der Waals surface area contributed by atoms with Crippen molar-refractivity contribution in [2.45, 2.75) is 19.2 Å². The van der Waals surface area contributed by atoms with Crippen molar-refractivity contribution in [3.05, 3.63) is 95.1 Å². The molecule has 8 nitrogen and oxygen atoms in total. The van der Waals surface area contributed by atoms with Crippen molar-refractivity contribution in [1.82, 2.24) is 14.9 Å². The summed E-state index contributed by atoms with van der Waals surface area (Å²) < 4.78 is 0. The lowest BCUT2D eigenvalue weighted by atomic mass is 9.93. The highest BCUT2D eigenvalue weighted by Crippen LogP contribution is 2.43. The summed E-state index contributed by atoms with van der Waals surface area (Å²) in [4.78, 5) is 34.8. The van der Waals surface area contributed by atoms with Gasteiger partial charge >= 0.3 is 6.09 Å². The van der Waals surface area contributed by atoms with Gasteiger partial charge in [0.05, 0.1) is 11.0 Å². The first-order valence-corrected chi connectivity index (χ1v) is 10.6. The fourth-order valence-corrected chi connectivity index (χ4v) is 4.39. The van der Waals surface area contributed by atoms with Crippen molar-refractivity contribution < 1.29 is 19.8 Å². The summed E-state index contributed by atoms with van der Waals surface area (Å²) in [5, 5.41) is 21.5. The van der Waals surface area contributed by atoms with Crippen molar-refractivity contribution in [3.8, 4) is 0 Å². The molecule has 0 radical (unpaired) electrons. The van der Waals surface area contributed by atoms with Crippen LogP contribution in [0.25, 0.3) is 11.0 Å². The highest BCUT2D eigenvalue weighted by Gasteiger charge is 2.49. The molecule has 0 bridgehead atoms. The number of anilines is 1. The van der Waals surface area contributed by atoms with Gasteiger partial charge in [-0.3, -0.25) is 9.69 Å². The number of aromatic amines is 1. The van der Waals surface area contributed by atoms with Crippen molar-refractivity contribution in [1.29, 1.82) is 0 Å². The standard InChI is InChI=1S/C25H22N4O4/c1-2-28(24(31)32)23-26-20-13-12-17(14-21(20)27-23)25(33)19-11-7-6-10-18(19)22(30)29(25)15-16-8-4-3-5-9-16/h3-14,33H,2,15H2,1H3,(H,26,27)(H,31,32). The summed E-state index contributed by atoms with van der Waals surface area (Å²) in [5.41, 5.74) is 1.73. The van der Waals surface area contributed by atoms with Crippen LogP contribution in [0.3, 0.4) is 0 Å². The van der Waals surface area contributed by atoms with Gasteiger partial charge in [-0.15, -0.1) is 0 Å². The third kappa shape index (κ3) is 3.23. The number of nitrogens with one attached hydrogen (secondary N) is 1. The number of amides is 2. The molecule has 0 saturated heterocycles. The minimum atomic E-state index is -1.70.